The van der Waals surface area contributed by atoms with Crippen molar-refractivity contribution in [3.8, 4) is 11.5 Å². The van der Waals surface area contributed by atoms with E-state index in [2.05, 4.69) is 4.74 Å². The van der Waals surface area contributed by atoms with Crippen molar-refractivity contribution in [1.82, 2.24) is 0 Å². The Kier molecular flexibility index (Phi) is 4.21. The first-order chi connectivity index (χ1) is 9.52. The maximum atomic E-state index is 11.5. The molecular formula is C12H8ClNO5S. The molecule has 0 aliphatic rings. The van der Waals surface area contributed by atoms with Crippen LogP contribution in [-0.4, -0.2) is 18.0 Å². The molecule has 6 nitrogen and oxygen atoms in total. The number of benzene rings is 1. The number of hydrogen-bond acceptors (Lipinski definition) is 6. The normalized spacial score (nSPS) is 10.1. The average molecular weight is 314 g/mol. The van der Waals surface area contributed by atoms with Gasteiger partial charge in [-0.25, -0.2) is 4.79 Å². The van der Waals surface area contributed by atoms with Gasteiger partial charge in [0, 0.05) is 11.1 Å². The predicted molar refractivity (Wildman–Crippen MR) is 73.8 cm³/mol. The summed E-state index contributed by atoms with van der Waals surface area (Å²) in [4.78, 5) is 22.1. The molecule has 0 amide bonds. The number of methoxy groups -OCH3 is 1. The van der Waals surface area contributed by atoms with Gasteiger partial charge in [0.15, 0.2) is 10.6 Å². The lowest BCUT2D eigenvalue weighted by atomic mass is 10.3. The summed E-state index contributed by atoms with van der Waals surface area (Å²) in [6.45, 7) is 0. The highest BCUT2D eigenvalue weighted by Gasteiger charge is 2.20. The number of hydrogen-bond donors (Lipinski definition) is 0. The number of thiophene rings is 1. The highest BCUT2D eigenvalue weighted by molar-refractivity contribution is 7.12. The molecule has 0 aliphatic carbocycles. The highest BCUT2D eigenvalue weighted by atomic mass is 35.5. The van der Waals surface area contributed by atoms with E-state index in [1.165, 1.54) is 31.4 Å². The number of halogens is 1. The molecule has 0 saturated carbocycles. The van der Waals surface area contributed by atoms with E-state index in [0.717, 1.165) is 11.3 Å². The van der Waals surface area contributed by atoms with Crippen LogP contribution in [0.1, 0.15) is 9.67 Å². The molecular weight excluding hydrogens is 306 g/mol. The molecule has 0 unspecified atom stereocenters. The molecule has 104 valence electrons. The monoisotopic (exact) mass is 313 g/mol. The lowest BCUT2D eigenvalue weighted by molar-refractivity contribution is -0.385. The van der Waals surface area contributed by atoms with Crippen molar-refractivity contribution >= 4 is 34.6 Å². The third kappa shape index (κ3) is 2.89. The van der Waals surface area contributed by atoms with Crippen LogP contribution in [0.3, 0.4) is 0 Å². The van der Waals surface area contributed by atoms with E-state index in [-0.39, 0.29) is 27.1 Å². The molecule has 0 N–H and O–H groups in total. The van der Waals surface area contributed by atoms with E-state index in [4.69, 9.17) is 16.3 Å². The summed E-state index contributed by atoms with van der Waals surface area (Å²) in [5.41, 5.74) is -0.278. The van der Waals surface area contributed by atoms with Gasteiger partial charge in [0.05, 0.1) is 12.0 Å². The third-order valence-corrected chi connectivity index (χ3v) is 3.45. The number of ether oxygens (including phenoxy) is 2. The summed E-state index contributed by atoms with van der Waals surface area (Å²) in [6, 6.07) is 5.56. The van der Waals surface area contributed by atoms with Crippen LogP contribution in [-0.2, 0) is 4.74 Å². The number of carbonyl (C=O) groups excluding carboxylic acids is 1. The Bertz CT molecular complexity index is 670. The smallest absolute Gasteiger partial charge is 0.351 e. The molecule has 8 heteroatoms. The zero-order valence-corrected chi connectivity index (χ0v) is 11.7. The molecule has 0 aliphatic heterocycles. The number of carbonyl (C=O) groups is 1. The van der Waals surface area contributed by atoms with E-state index in [1.807, 2.05) is 0 Å². The Morgan fingerprint density at radius 1 is 1.35 bits per heavy atom. The standard InChI is InChI=1S/C12H8ClNO5S/c1-18-12(15)11-10(4-5-20-11)19-9-3-2-7(13)6-8(9)14(16)17/h2-6H,1H3. The summed E-state index contributed by atoms with van der Waals surface area (Å²) in [7, 11) is 1.25. The lowest BCUT2D eigenvalue weighted by Crippen LogP contribution is -2.01. The number of nitro benzene ring substituents is 1. The Balaban J connectivity index is 2.38. The Hall–Kier alpha value is -2.12. The van der Waals surface area contributed by atoms with E-state index in [0.29, 0.717) is 0 Å². The van der Waals surface area contributed by atoms with Crippen LogP contribution in [0.2, 0.25) is 5.02 Å². The Morgan fingerprint density at radius 3 is 2.75 bits per heavy atom. The van der Waals surface area contributed by atoms with Gasteiger partial charge in [-0.3, -0.25) is 10.1 Å². The van der Waals surface area contributed by atoms with Crippen LogP contribution < -0.4 is 4.74 Å². The number of rotatable bonds is 4. The fourth-order valence-corrected chi connectivity index (χ4v) is 2.36. The number of esters is 1. The van der Waals surface area contributed by atoms with E-state index < -0.39 is 10.9 Å². The van der Waals surface area contributed by atoms with Gasteiger partial charge >= 0.3 is 11.7 Å². The molecule has 0 bridgehead atoms. The van der Waals surface area contributed by atoms with Crippen LogP contribution in [0.5, 0.6) is 11.5 Å². The fraction of sp³-hybridized carbons (Fsp3) is 0.0833. The molecule has 2 aromatic rings. The summed E-state index contributed by atoms with van der Waals surface area (Å²) >= 11 is 6.84. The molecule has 0 saturated heterocycles. The largest absolute Gasteiger partial charge is 0.465 e. The molecule has 2 rings (SSSR count). The first kappa shape index (κ1) is 14.3. The second-order valence-electron chi connectivity index (χ2n) is 3.58. The number of nitrogens with zero attached hydrogens (tertiary/aromatic N) is 1. The van der Waals surface area contributed by atoms with Crippen molar-refractivity contribution < 1.29 is 19.2 Å². The third-order valence-electron chi connectivity index (χ3n) is 2.34. The Morgan fingerprint density at radius 2 is 2.10 bits per heavy atom. The van der Waals surface area contributed by atoms with E-state index in [9.17, 15) is 14.9 Å². The maximum absolute atomic E-state index is 11.5. The summed E-state index contributed by atoms with van der Waals surface area (Å²) in [6.07, 6.45) is 0. The van der Waals surface area contributed by atoms with Gasteiger partial charge in [0.2, 0.25) is 5.75 Å². The van der Waals surface area contributed by atoms with Crippen LogP contribution in [0.25, 0.3) is 0 Å². The lowest BCUT2D eigenvalue weighted by Gasteiger charge is -2.06. The first-order valence-electron chi connectivity index (χ1n) is 5.30. The van der Waals surface area contributed by atoms with Crippen molar-refractivity contribution in [2.24, 2.45) is 0 Å². The molecule has 1 aromatic carbocycles. The van der Waals surface area contributed by atoms with Gasteiger partial charge < -0.3 is 9.47 Å². The topological polar surface area (TPSA) is 78.7 Å². The van der Waals surface area contributed by atoms with Crippen molar-refractivity contribution in [1.29, 1.82) is 0 Å². The summed E-state index contributed by atoms with van der Waals surface area (Å²) in [5.74, 6) is -0.359. The fourth-order valence-electron chi connectivity index (χ4n) is 1.46. The molecule has 1 heterocycles. The van der Waals surface area contributed by atoms with E-state index >= 15 is 0 Å². The van der Waals surface area contributed by atoms with Crippen LogP contribution >= 0.6 is 22.9 Å². The highest BCUT2D eigenvalue weighted by Crippen LogP contribution is 2.36. The van der Waals surface area contributed by atoms with Crippen molar-refractivity contribution in [2.75, 3.05) is 7.11 Å². The first-order valence-corrected chi connectivity index (χ1v) is 6.56. The molecule has 0 spiro atoms. The molecule has 1 aromatic heterocycles. The number of nitro groups is 1. The second kappa shape index (κ2) is 5.89. The summed E-state index contributed by atoms with van der Waals surface area (Å²) < 4.78 is 10.0. The molecule has 0 radical (unpaired) electrons. The van der Waals surface area contributed by atoms with Gasteiger partial charge in [-0.2, -0.15) is 0 Å². The minimum absolute atomic E-state index is 0.00273. The quantitative estimate of drug-likeness (QED) is 0.486. The van der Waals surface area contributed by atoms with Gasteiger partial charge in [-0.15, -0.1) is 11.3 Å². The van der Waals surface area contributed by atoms with Crippen molar-refractivity contribution in [3.05, 3.63) is 49.7 Å². The SMILES string of the molecule is COC(=O)c1sccc1Oc1ccc(Cl)cc1[N+](=O)[O-]. The predicted octanol–water partition coefficient (Wildman–Crippen LogP) is 3.89. The minimum atomic E-state index is -0.606. The summed E-state index contributed by atoms with van der Waals surface area (Å²) in [5, 5.41) is 12.8. The minimum Gasteiger partial charge on any atom is -0.465 e. The zero-order chi connectivity index (χ0) is 14.7. The van der Waals surface area contributed by atoms with Gasteiger partial charge in [0.25, 0.3) is 0 Å². The Labute approximate surface area is 122 Å². The van der Waals surface area contributed by atoms with E-state index in [1.54, 1.807) is 5.38 Å². The average Bonchev–Trinajstić information content (AvgIpc) is 2.87. The van der Waals surface area contributed by atoms with Gasteiger partial charge in [-0.1, -0.05) is 11.6 Å². The molecule has 20 heavy (non-hydrogen) atoms. The second-order valence-corrected chi connectivity index (χ2v) is 4.93. The maximum Gasteiger partial charge on any atom is 0.351 e. The van der Waals surface area contributed by atoms with Crippen LogP contribution in [0, 0.1) is 10.1 Å². The van der Waals surface area contributed by atoms with Crippen LogP contribution in [0.4, 0.5) is 5.69 Å². The van der Waals surface area contributed by atoms with Gasteiger partial charge in [-0.05, 0) is 23.6 Å². The molecule has 0 atom stereocenters. The zero-order valence-electron chi connectivity index (χ0n) is 10.2. The molecule has 0 fully saturated rings. The van der Waals surface area contributed by atoms with Crippen molar-refractivity contribution in [2.45, 2.75) is 0 Å². The van der Waals surface area contributed by atoms with Gasteiger partial charge in [0.1, 0.15) is 0 Å². The van der Waals surface area contributed by atoms with Crippen molar-refractivity contribution in [3.63, 3.8) is 0 Å². The van der Waals surface area contributed by atoms with Crippen LogP contribution in [0.15, 0.2) is 29.6 Å².